The lowest BCUT2D eigenvalue weighted by molar-refractivity contribution is -0.137. The zero-order valence-electron chi connectivity index (χ0n) is 13.1. The van der Waals surface area contributed by atoms with Gasteiger partial charge in [0.2, 0.25) is 0 Å². The molecule has 2 nitrogen and oxygen atoms in total. The molecule has 1 aromatic carbocycles. The molecule has 0 aliphatic rings. The number of hydrogen-bond donors (Lipinski definition) is 1. The Morgan fingerprint density at radius 3 is 2.19 bits per heavy atom. The number of amides is 1. The third-order valence-corrected chi connectivity index (χ3v) is 3.55. The second kappa shape index (κ2) is 6.08. The predicted molar refractivity (Wildman–Crippen MR) is 77.4 cm³/mol. The van der Waals surface area contributed by atoms with E-state index in [9.17, 15) is 18.0 Å². The van der Waals surface area contributed by atoms with Crippen LogP contribution in [0, 0.1) is 0 Å². The lowest BCUT2D eigenvalue weighted by Crippen LogP contribution is -2.42. The maximum atomic E-state index is 12.9. The van der Waals surface area contributed by atoms with Crippen LogP contribution in [0.15, 0.2) is 18.2 Å². The summed E-state index contributed by atoms with van der Waals surface area (Å²) in [5, 5.41) is 2.76. The van der Waals surface area contributed by atoms with Crippen molar-refractivity contribution in [2.75, 3.05) is 0 Å². The topological polar surface area (TPSA) is 29.1 Å². The molecule has 21 heavy (non-hydrogen) atoms. The highest BCUT2D eigenvalue weighted by Crippen LogP contribution is 2.32. The first-order chi connectivity index (χ1) is 9.46. The van der Waals surface area contributed by atoms with Crippen LogP contribution in [0.5, 0.6) is 0 Å². The standard InChI is InChI=1S/C16H22F3NO/c1-6-15(4,5)20-14(21)12-7-11(10(2)3)8-13(9-12)16(17,18)19/h7-10H,6H2,1-5H3,(H,20,21). The summed E-state index contributed by atoms with van der Waals surface area (Å²) in [6, 6.07) is 3.54. The Kier molecular flexibility index (Phi) is 5.07. The SMILES string of the molecule is CCC(C)(C)NC(=O)c1cc(C(C)C)cc(C(F)(F)F)c1. The van der Waals surface area contributed by atoms with Crippen molar-refractivity contribution in [2.45, 2.75) is 58.7 Å². The van der Waals surface area contributed by atoms with Crippen LogP contribution >= 0.6 is 0 Å². The maximum absolute atomic E-state index is 12.9. The van der Waals surface area contributed by atoms with Gasteiger partial charge >= 0.3 is 6.18 Å². The number of carbonyl (C=O) groups excluding carboxylic acids is 1. The van der Waals surface area contributed by atoms with Crippen molar-refractivity contribution in [3.05, 3.63) is 34.9 Å². The molecule has 118 valence electrons. The predicted octanol–water partition coefficient (Wildman–Crippen LogP) is 4.75. The summed E-state index contributed by atoms with van der Waals surface area (Å²) < 4.78 is 38.8. The molecule has 1 amide bonds. The van der Waals surface area contributed by atoms with Crippen molar-refractivity contribution in [1.29, 1.82) is 0 Å². The molecule has 0 unspecified atom stereocenters. The molecule has 0 saturated heterocycles. The van der Waals surface area contributed by atoms with Gasteiger partial charge in [-0.25, -0.2) is 0 Å². The molecular weight excluding hydrogens is 279 g/mol. The molecule has 1 N–H and O–H groups in total. The van der Waals surface area contributed by atoms with E-state index >= 15 is 0 Å². The van der Waals surface area contributed by atoms with Crippen LogP contribution in [-0.2, 0) is 6.18 Å². The van der Waals surface area contributed by atoms with Crippen LogP contribution < -0.4 is 5.32 Å². The van der Waals surface area contributed by atoms with E-state index in [1.807, 2.05) is 20.8 Å². The van der Waals surface area contributed by atoms with Gasteiger partial charge < -0.3 is 5.32 Å². The smallest absolute Gasteiger partial charge is 0.347 e. The molecule has 0 aliphatic carbocycles. The Morgan fingerprint density at radius 2 is 1.76 bits per heavy atom. The molecule has 0 aliphatic heterocycles. The van der Waals surface area contributed by atoms with Crippen molar-refractivity contribution >= 4 is 5.91 Å². The molecule has 0 spiro atoms. The van der Waals surface area contributed by atoms with Crippen molar-refractivity contribution in [3.8, 4) is 0 Å². The lowest BCUT2D eigenvalue weighted by atomic mass is 9.96. The van der Waals surface area contributed by atoms with E-state index in [4.69, 9.17) is 0 Å². The number of hydrogen-bond acceptors (Lipinski definition) is 1. The van der Waals surface area contributed by atoms with Crippen LogP contribution in [0.2, 0.25) is 0 Å². The van der Waals surface area contributed by atoms with Crippen LogP contribution in [0.4, 0.5) is 13.2 Å². The Labute approximate surface area is 123 Å². The van der Waals surface area contributed by atoms with Crippen LogP contribution in [-0.4, -0.2) is 11.4 Å². The lowest BCUT2D eigenvalue weighted by Gasteiger charge is -2.25. The highest BCUT2D eigenvalue weighted by molar-refractivity contribution is 5.95. The summed E-state index contributed by atoms with van der Waals surface area (Å²) in [6.45, 7) is 9.18. The molecule has 0 bridgehead atoms. The quantitative estimate of drug-likeness (QED) is 0.854. The van der Waals surface area contributed by atoms with Gasteiger partial charge in [0, 0.05) is 11.1 Å². The second-order valence-corrected chi connectivity index (χ2v) is 6.19. The van der Waals surface area contributed by atoms with Gasteiger partial charge in [-0.05, 0) is 49.9 Å². The number of rotatable bonds is 4. The Hall–Kier alpha value is -1.52. The van der Waals surface area contributed by atoms with E-state index < -0.39 is 23.2 Å². The monoisotopic (exact) mass is 301 g/mol. The molecule has 0 heterocycles. The van der Waals surface area contributed by atoms with E-state index in [-0.39, 0.29) is 11.5 Å². The van der Waals surface area contributed by atoms with Crippen molar-refractivity contribution in [2.24, 2.45) is 0 Å². The van der Waals surface area contributed by atoms with Gasteiger partial charge in [0.05, 0.1) is 5.56 Å². The van der Waals surface area contributed by atoms with Crippen LogP contribution in [0.1, 0.15) is 68.4 Å². The third-order valence-electron chi connectivity index (χ3n) is 3.55. The molecule has 0 fully saturated rings. The molecule has 5 heteroatoms. The average molecular weight is 301 g/mol. The summed E-state index contributed by atoms with van der Waals surface area (Å²) in [4.78, 5) is 12.2. The molecule has 0 atom stereocenters. The van der Waals surface area contributed by atoms with E-state index in [1.165, 1.54) is 6.07 Å². The van der Waals surface area contributed by atoms with Crippen molar-refractivity contribution in [3.63, 3.8) is 0 Å². The number of halogens is 3. The van der Waals surface area contributed by atoms with Gasteiger partial charge in [-0.2, -0.15) is 13.2 Å². The highest BCUT2D eigenvalue weighted by atomic mass is 19.4. The Bertz CT molecular complexity index is 519. The normalized spacial score (nSPS) is 12.6. The van der Waals surface area contributed by atoms with Gasteiger partial charge in [-0.15, -0.1) is 0 Å². The third kappa shape index (κ3) is 4.76. The van der Waals surface area contributed by atoms with Crippen molar-refractivity contribution < 1.29 is 18.0 Å². The van der Waals surface area contributed by atoms with Gasteiger partial charge in [-0.1, -0.05) is 20.8 Å². The van der Waals surface area contributed by atoms with Gasteiger partial charge in [0.15, 0.2) is 0 Å². The summed E-state index contributed by atoms with van der Waals surface area (Å²) >= 11 is 0. The number of alkyl halides is 3. The summed E-state index contributed by atoms with van der Waals surface area (Å²) in [5.41, 5.74) is -0.684. The molecule has 0 radical (unpaired) electrons. The number of carbonyl (C=O) groups is 1. The first-order valence-corrected chi connectivity index (χ1v) is 7.01. The fourth-order valence-electron chi connectivity index (χ4n) is 1.75. The molecular formula is C16H22F3NO. The fourth-order valence-corrected chi connectivity index (χ4v) is 1.75. The molecule has 0 saturated carbocycles. The average Bonchev–Trinajstić information content (AvgIpc) is 2.36. The van der Waals surface area contributed by atoms with Gasteiger partial charge in [-0.3, -0.25) is 4.79 Å². The minimum absolute atomic E-state index is 0.0510. The summed E-state index contributed by atoms with van der Waals surface area (Å²) in [5.74, 6) is -0.562. The maximum Gasteiger partial charge on any atom is 0.416 e. The summed E-state index contributed by atoms with van der Waals surface area (Å²) in [7, 11) is 0. The first-order valence-electron chi connectivity index (χ1n) is 7.01. The van der Waals surface area contributed by atoms with Gasteiger partial charge in [0.25, 0.3) is 5.91 Å². The van der Waals surface area contributed by atoms with Crippen LogP contribution in [0.3, 0.4) is 0 Å². The molecule has 1 rings (SSSR count). The highest BCUT2D eigenvalue weighted by Gasteiger charge is 2.32. The minimum atomic E-state index is -4.46. The Balaban J connectivity index is 3.23. The largest absolute Gasteiger partial charge is 0.416 e. The fraction of sp³-hybridized carbons (Fsp3) is 0.562. The second-order valence-electron chi connectivity index (χ2n) is 6.19. The van der Waals surface area contributed by atoms with E-state index in [1.54, 1.807) is 13.8 Å². The van der Waals surface area contributed by atoms with Gasteiger partial charge in [0.1, 0.15) is 0 Å². The minimum Gasteiger partial charge on any atom is -0.347 e. The molecule has 1 aromatic rings. The summed E-state index contributed by atoms with van der Waals surface area (Å²) in [6.07, 6.45) is -3.77. The first kappa shape index (κ1) is 17.5. The van der Waals surface area contributed by atoms with E-state index in [0.717, 1.165) is 12.1 Å². The van der Waals surface area contributed by atoms with Crippen LogP contribution in [0.25, 0.3) is 0 Å². The van der Waals surface area contributed by atoms with E-state index in [2.05, 4.69) is 5.32 Å². The van der Waals surface area contributed by atoms with E-state index in [0.29, 0.717) is 12.0 Å². The zero-order valence-corrected chi connectivity index (χ0v) is 13.1. The Morgan fingerprint density at radius 1 is 1.19 bits per heavy atom. The molecule has 0 aromatic heterocycles. The number of benzene rings is 1. The number of nitrogens with one attached hydrogen (secondary N) is 1. The zero-order chi connectivity index (χ0) is 16.4. The van der Waals surface area contributed by atoms with Crippen molar-refractivity contribution in [1.82, 2.24) is 5.32 Å².